The van der Waals surface area contributed by atoms with Crippen LogP contribution in [-0.4, -0.2) is 36.8 Å². The van der Waals surface area contributed by atoms with Gasteiger partial charge < -0.3 is 14.8 Å². The van der Waals surface area contributed by atoms with Crippen LogP contribution in [0.15, 0.2) is 6.20 Å². The maximum absolute atomic E-state index is 5.90. The summed E-state index contributed by atoms with van der Waals surface area (Å²) in [5.41, 5.74) is 0. The van der Waals surface area contributed by atoms with Crippen molar-refractivity contribution in [3.63, 3.8) is 0 Å². The molecule has 1 heterocycles. The number of unbranched alkanes of at least 4 members (excludes halogenated alkanes) is 1. The number of nitrogens with one attached hydrogen (secondary N) is 1. The summed E-state index contributed by atoms with van der Waals surface area (Å²) in [6.45, 7) is 3.86. The Kier molecular flexibility index (Phi) is 6.65. The molecule has 0 fully saturated rings. The fourth-order valence-corrected chi connectivity index (χ4v) is 1.26. The quantitative estimate of drug-likeness (QED) is 0.727. The summed E-state index contributed by atoms with van der Waals surface area (Å²) in [6, 6.07) is 0. The molecule has 0 aliphatic rings. The van der Waals surface area contributed by atoms with Gasteiger partial charge in [0, 0.05) is 13.7 Å². The smallest absolute Gasteiger partial charge is 0.237 e. The van der Waals surface area contributed by atoms with E-state index in [1.54, 1.807) is 7.05 Å². The van der Waals surface area contributed by atoms with Crippen LogP contribution < -0.4 is 10.1 Å². The maximum Gasteiger partial charge on any atom is 0.237 e. The van der Waals surface area contributed by atoms with Gasteiger partial charge in [-0.2, -0.15) is 4.98 Å². The molecule has 0 aliphatic heterocycles. The Balaban J connectivity index is 2.30. The molecule has 0 bridgehead atoms. The Morgan fingerprint density at radius 2 is 2.18 bits per heavy atom. The second-order valence-corrected chi connectivity index (χ2v) is 3.82. The lowest BCUT2D eigenvalue weighted by Gasteiger charge is -2.08. The minimum absolute atomic E-state index is 0.380. The molecule has 0 aromatic carbocycles. The van der Waals surface area contributed by atoms with Gasteiger partial charge in [-0.05, 0) is 6.42 Å². The third kappa shape index (κ3) is 5.19. The molecule has 96 valence electrons. The second-order valence-electron chi connectivity index (χ2n) is 3.41. The molecule has 1 aromatic heterocycles. The number of hydrogen-bond acceptors (Lipinski definition) is 5. The van der Waals surface area contributed by atoms with Gasteiger partial charge in [0.2, 0.25) is 11.8 Å². The van der Waals surface area contributed by atoms with Crippen molar-refractivity contribution < 1.29 is 9.47 Å². The summed E-state index contributed by atoms with van der Waals surface area (Å²) in [6.07, 6.45) is 3.70. The van der Waals surface area contributed by atoms with Crippen LogP contribution in [0.1, 0.15) is 19.8 Å². The first-order valence-electron chi connectivity index (χ1n) is 5.68. The summed E-state index contributed by atoms with van der Waals surface area (Å²) in [5, 5.41) is 3.22. The van der Waals surface area contributed by atoms with E-state index in [-0.39, 0.29) is 0 Å². The highest BCUT2D eigenvalue weighted by Gasteiger charge is 2.05. The van der Waals surface area contributed by atoms with Crippen molar-refractivity contribution in [3.8, 4) is 5.88 Å². The highest BCUT2D eigenvalue weighted by Crippen LogP contribution is 2.21. The van der Waals surface area contributed by atoms with E-state index in [0.717, 1.165) is 19.4 Å². The molecule has 0 saturated carbocycles. The van der Waals surface area contributed by atoms with E-state index < -0.39 is 0 Å². The van der Waals surface area contributed by atoms with Crippen LogP contribution >= 0.6 is 11.6 Å². The monoisotopic (exact) mass is 259 g/mol. The number of anilines is 1. The third-order valence-corrected chi connectivity index (χ3v) is 2.30. The molecule has 5 nitrogen and oxygen atoms in total. The van der Waals surface area contributed by atoms with Crippen LogP contribution in [0.4, 0.5) is 5.95 Å². The van der Waals surface area contributed by atoms with E-state index in [1.165, 1.54) is 6.20 Å². The molecule has 17 heavy (non-hydrogen) atoms. The molecule has 1 N–H and O–H groups in total. The number of ether oxygens (including phenoxy) is 2. The van der Waals surface area contributed by atoms with E-state index in [2.05, 4.69) is 22.2 Å². The van der Waals surface area contributed by atoms with Gasteiger partial charge in [0.05, 0.1) is 12.8 Å². The van der Waals surface area contributed by atoms with Gasteiger partial charge in [-0.3, -0.25) is 0 Å². The van der Waals surface area contributed by atoms with Crippen molar-refractivity contribution in [2.45, 2.75) is 19.8 Å². The number of nitrogens with zero attached hydrogens (tertiary/aromatic N) is 2. The Hall–Kier alpha value is -1.07. The van der Waals surface area contributed by atoms with Crippen molar-refractivity contribution in [3.05, 3.63) is 11.2 Å². The number of rotatable bonds is 8. The predicted molar refractivity (Wildman–Crippen MR) is 67.8 cm³/mol. The van der Waals surface area contributed by atoms with E-state index in [0.29, 0.717) is 30.1 Å². The van der Waals surface area contributed by atoms with Crippen LogP contribution in [0.2, 0.25) is 5.02 Å². The zero-order valence-electron chi connectivity index (χ0n) is 10.2. The molecular weight excluding hydrogens is 242 g/mol. The summed E-state index contributed by atoms with van der Waals surface area (Å²) in [7, 11) is 1.74. The molecule has 0 atom stereocenters. The molecule has 6 heteroatoms. The zero-order valence-corrected chi connectivity index (χ0v) is 11.0. The fraction of sp³-hybridized carbons (Fsp3) is 0.636. The predicted octanol–water partition coefficient (Wildman–Crippen LogP) is 2.37. The highest BCUT2D eigenvalue weighted by atomic mass is 35.5. The van der Waals surface area contributed by atoms with Crippen molar-refractivity contribution >= 4 is 17.5 Å². The minimum Gasteiger partial charge on any atom is -0.474 e. The van der Waals surface area contributed by atoms with Crippen molar-refractivity contribution in [2.24, 2.45) is 0 Å². The van der Waals surface area contributed by atoms with E-state index in [4.69, 9.17) is 21.1 Å². The average Bonchev–Trinajstić information content (AvgIpc) is 2.35. The Labute approximate surface area is 107 Å². The molecule has 0 unspecified atom stereocenters. The lowest BCUT2D eigenvalue weighted by Crippen LogP contribution is -2.09. The van der Waals surface area contributed by atoms with Gasteiger partial charge in [0.1, 0.15) is 11.6 Å². The zero-order chi connectivity index (χ0) is 12.5. The lowest BCUT2D eigenvalue weighted by atomic mass is 10.4. The Morgan fingerprint density at radius 3 is 2.88 bits per heavy atom. The van der Waals surface area contributed by atoms with Crippen molar-refractivity contribution in [1.29, 1.82) is 0 Å². The molecule has 0 spiro atoms. The van der Waals surface area contributed by atoms with Gasteiger partial charge in [0.25, 0.3) is 0 Å². The fourth-order valence-electron chi connectivity index (χ4n) is 1.12. The Bertz CT molecular complexity index is 336. The summed E-state index contributed by atoms with van der Waals surface area (Å²) >= 11 is 5.90. The second kappa shape index (κ2) is 8.08. The SMILES string of the molecule is CCCCOCCOc1nc(NC)ncc1Cl. The van der Waals surface area contributed by atoms with Crippen molar-refractivity contribution in [1.82, 2.24) is 9.97 Å². The first-order chi connectivity index (χ1) is 8.27. The summed E-state index contributed by atoms with van der Waals surface area (Å²) in [5.74, 6) is 0.862. The summed E-state index contributed by atoms with van der Waals surface area (Å²) < 4.78 is 10.8. The maximum atomic E-state index is 5.90. The van der Waals surface area contributed by atoms with Crippen LogP contribution in [0.5, 0.6) is 5.88 Å². The number of halogens is 1. The minimum atomic E-state index is 0.380. The van der Waals surface area contributed by atoms with Crippen LogP contribution in [0.25, 0.3) is 0 Å². The van der Waals surface area contributed by atoms with Crippen LogP contribution in [0.3, 0.4) is 0 Å². The van der Waals surface area contributed by atoms with Gasteiger partial charge >= 0.3 is 0 Å². The van der Waals surface area contributed by atoms with E-state index >= 15 is 0 Å². The standard InChI is InChI=1S/C11H18ClN3O2/c1-3-4-5-16-6-7-17-10-9(12)8-14-11(13-2)15-10/h8H,3-7H2,1-2H3,(H,13,14,15). The van der Waals surface area contributed by atoms with Crippen LogP contribution in [-0.2, 0) is 4.74 Å². The average molecular weight is 260 g/mol. The molecule has 0 saturated heterocycles. The molecule has 0 aliphatic carbocycles. The van der Waals surface area contributed by atoms with Crippen LogP contribution in [0, 0.1) is 0 Å². The first-order valence-corrected chi connectivity index (χ1v) is 6.06. The summed E-state index contributed by atoms with van der Waals surface area (Å²) in [4.78, 5) is 8.05. The van der Waals surface area contributed by atoms with E-state index in [9.17, 15) is 0 Å². The molecule has 0 amide bonds. The van der Waals surface area contributed by atoms with Crippen molar-refractivity contribution in [2.75, 3.05) is 32.2 Å². The third-order valence-electron chi connectivity index (χ3n) is 2.04. The topological polar surface area (TPSA) is 56.3 Å². The molecule has 0 radical (unpaired) electrons. The molecule has 1 aromatic rings. The Morgan fingerprint density at radius 1 is 1.35 bits per heavy atom. The number of hydrogen-bond donors (Lipinski definition) is 1. The normalized spacial score (nSPS) is 10.3. The van der Waals surface area contributed by atoms with Gasteiger partial charge in [-0.1, -0.05) is 24.9 Å². The first kappa shape index (κ1) is 14.0. The highest BCUT2D eigenvalue weighted by molar-refractivity contribution is 6.31. The molecule has 1 rings (SSSR count). The largest absolute Gasteiger partial charge is 0.474 e. The number of aromatic nitrogens is 2. The van der Waals surface area contributed by atoms with Gasteiger partial charge in [0.15, 0.2) is 0 Å². The molecular formula is C11H18ClN3O2. The van der Waals surface area contributed by atoms with E-state index in [1.807, 2.05) is 0 Å². The van der Waals surface area contributed by atoms with Gasteiger partial charge in [-0.25, -0.2) is 4.98 Å². The lowest BCUT2D eigenvalue weighted by molar-refractivity contribution is 0.0965. The van der Waals surface area contributed by atoms with Gasteiger partial charge in [-0.15, -0.1) is 0 Å².